The highest BCUT2D eigenvalue weighted by atomic mass is 28.3. The van der Waals surface area contributed by atoms with Gasteiger partial charge in [-0.25, -0.2) is 15.0 Å². The van der Waals surface area contributed by atoms with Crippen molar-refractivity contribution in [1.82, 2.24) is 15.0 Å². The third-order valence-corrected chi connectivity index (χ3v) is 14.4. The SMILES string of the molecule is C[Si]1(C)c2cc(-c3nc(-c4cccc(-c5ccccc5)c4)nc(-c4ccc5cc(-c6ccccc6)ccc5c4)n3)ccc2-c2ccc3ccccc3c21. The van der Waals surface area contributed by atoms with Crippen LogP contribution in [-0.2, 0) is 0 Å². The Morgan fingerprint density at radius 2 is 0.811 bits per heavy atom. The Morgan fingerprint density at radius 1 is 0.340 bits per heavy atom. The van der Waals surface area contributed by atoms with Gasteiger partial charge in [-0.1, -0.05) is 171 Å². The van der Waals surface area contributed by atoms with E-state index in [4.69, 9.17) is 15.0 Å². The minimum Gasteiger partial charge on any atom is -0.208 e. The highest BCUT2D eigenvalue weighted by molar-refractivity contribution is 7.05. The van der Waals surface area contributed by atoms with Gasteiger partial charge < -0.3 is 0 Å². The van der Waals surface area contributed by atoms with Gasteiger partial charge >= 0.3 is 0 Å². The first-order chi connectivity index (χ1) is 26.0. The van der Waals surface area contributed by atoms with E-state index in [0.717, 1.165) is 33.2 Å². The van der Waals surface area contributed by atoms with E-state index in [1.807, 2.05) is 6.07 Å². The molecule has 0 spiro atoms. The Balaban J connectivity index is 1.12. The van der Waals surface area contributed by atoms with Crippen molar-refractivity contribution in [2.75, 3.05) is 0 Å². The molecule has 0 saturated carbocycles. The molecule has 0 N–H and O–H groups in total. The van der Waals surface area contributed by atoms with Crippen molar-refractivity contribution >= 4 is 40.0 Å². The van der Waals surface area contributed by atoms with E-state index in [0.29, 0.717) is 17.5 Å². The predicted octanol–water partition coefficient (Wildman–Crippen LogP) is 11.3. The van der Waals surface area contributed by atoms with E-state index in [2.05, 4.69) is 183 Å². The lowest BCUT2D eigenvalue weighted by molar-refractivity contribution is 1.07. The molecule has 0 radical (unpaired) electrons. The Hall–Kier alpha value is -6.49. The maximum atomic E-state index is 5.22. The van der Waals surface area contributed by atoms with Crippen LogP contribution in [0.2, 0.25) is 13.1 Å². The monoisotopic (exact) mass is 693 g/mol. The minimum absolute atomic E-state index is 0.661. The van der Waals surface area contributed by atoms with Gasteiger partial charge in [-0.2, -0.15) is 0 Å². The number of rotatable bonds is 5. The second-order valence-corrected chi connectivity index (χ2v) is 18.8. The fourth-order valence-electron chi connectivity index (χ4n) is 8.17. The van der Waals surface area contributed by atoms with E-state index in [-0.39, 0.29) is 0 Å². The van der Waals surface area contributed by atoms with Crippen molar-refractivity contribution in [2.24, 2.45) is 0 Å². The van der Waals surface area contributed by atoms with Crippen LogP contribution in [0.4, 0.5) is 0 Å². The van der Waals surface area contributed by atoms with Crippen molar-refractivity contribution in [3.05, 3.63) is 176 Å². The summed E-state index contributed by atoms with van der Waals surface area (Å²) in [5.41, 5.74) is 10.3. The molecule has 0 aliphatic carbocycles. The highest BCUT2D eigenvalue weighted by Crippen LogP contribution is 2.35. The fourth-order valence-corrected chi connectivity index (χ4v) is 11.6. The van der Waals surface area contributed by atoms with Crippen molar-refractivity contribution < 1.29 is 0 Å². The predicted molar refractivity (Wildman–Crippen MR) is 224 cm³/mol. The second kappa shape index (κ2) is 12.3. The van der Waals surface area contributed by atoms with Crippen molar-refractivity contribution in [1.29, 1.82) is 0 Å². The zero-order chi connectivity index (χ0) is 35.5. The van der Waals surface area contributed by atoms with Gasteiger partial charge in [-0.15, -0.1) is 0 Å². The summed E-state index contributed by atoms with van der Waals surface area (Å²) in [6.45, 7) is 4.96. The molecule has 3 nitrogen and oxygen atoms in total. The number of fused-ring (bicyclic) bond motifs is 6. The van der Waals surface area contributed by atoms with Gasteiger partial charge in [0.2, 0.25) is 0 Å². The molecule has 4 heteroatoms. The van der Waals surface area contributed by atoms with Crippen LogP contribution in [0.1, 0.15) is 0 Å². The summed E-state index contributed by atoms with van der Waals surface area (Å²) < 4.78 is 0. The van der Waals surface area contributed by atoms with Gasteiger partial charge in [0.15, 0.2) is 17.5 Å². The summed E-state index contributed by atoms with van der Waals surface area (Å²) in [4.78, 5) is 15.6. The average Bonchev–Trinajstić information content (AvgIpc) is 3.46. The first-order valence-corrected chi connectivity index (χ1v) is 21.2. The van der Waals surface area contributed by atoms with Crippen LogP contribution in [0, 0.1) is 0 Å². The van der Waals surface area contributed by atoms with E-state index in [9.17, 15) is 0 Å². The molecule has 1 aliphatic heterocycles. The highest BCUT2D eigenvalue weighted by Gasteiger charge is 2.39. The number of hydrogen-bond donors (Lipinski definition) is 0. The summed E-state index contributed by atoms with van der Waals surface area (Å²) in [5, 5.41) is 7.94. The molecule has 0 amide bonds. The van der Waals surface area contributed by atoms with E-state index in [1.165, 1.54) is 48.8 Å². The van der Waals surface area contributed by atoms with Crippen molar-refractivity contribution in [3.8, 4) is 67.5 Å². The lowest BCUT2D eigenvalue weighted by Crippen LogP contribution is -2.49. The lowest BCUT2D eigenvalue weighted by atomic mass is 9.99. The Kier molecular flexibility index (Phi) is 7.27. The van der Waals surface area contributed by atoms with Crippen LogP contribution in [-0.4, -0.2) is 23.0 Å². The topological polar surface area (TPSA) is 38.7 Å². The molecular weight excluding hydrogens is 659 g/mol. The van der Waals surface area contributed by atoms with Gasteiger partial charge in [0.1, 0.15) is 8.07 Å². The molecule has 0 unspecified atom stereocenters. The average molecular weight is 694 g/mol. The number of aromatic nitrogens is 3. The molecule has 0 saturated heterocycles. The fraction of sp³-hybridized carbons (Fsp3) is 0.0408. The van der Waals surface area contributed by atoms with Gasteiger partial charge in [0.25, 0.3) is 0 Å². The maximum absolute atomic E-state index is 5.22. The molecule has 0 fully saturated rings. The summed E-state index contributed by atoms with van der Waals surface area (Å²) in [5.74, 6) is 2.01. The van der Waals surface area contributed by atoms with Crippen LogP contribution >= 0.6 is 0 Å². The maximum Gasteiger partial charge on any atom is 0.164 e. The van der Waals surface area contributed by atoms with Crippen LogP contribution in [0.25, 0.3) is 89.1 Å². The van der Waals surface area contributed by atoms with Crippen LogP contribution < -0.4 is 10.4 Å². The second-order valence-electron chi connectivity index (χ2n) is 14.5. The van der Waals surface area contributed by atoms with Crippen LogP contribution in [0.5, 0.6) is 0 Å². The summed E-state index contributed by atoms with van der Waals surface area (Å²) in [6.07, 6.45) is 0. The minimum atomic E-state index is -2.04. The molecule has 8 aromatic carbocycles. The summed E-state index contributed by atoms with van der Waals surface area (Å²) >= 11 is 0. The zero-order valence-corrected chi connectivity index (χ0v) is 30.6. The van der Waals surface area contributed by atoms with Gasteiger partial charge in [-0.05, 0) is 83.5 Å². The summed E-state index contributed by atoms with van der Waals surface area (Å²) in [7, 11) is -2.04. The Morgan fingerprint density at radius 3 is 1.51 bits per heavy atom. The molecule has 10 rings (SSSR count). The molecule has 1 aromatic heterocycles. The van der Waals surface area contributed by atoms with Crippen LogP contribution in [0.15, 0.2) is 176 Å². The lowest BCUT2D eigenvalue weighted by Gasteiger charge is -2.21. The normalized spacial score (nSPS) is 12.9. The third-order valence-electron chi connectivity index (χ3n) is 10.9. The molecule has 0 bridgehead atoms. The van der Waals surface area contributed by atoms with Gasteiger partial charge in [0.05, 0.1) is 0 Å². The molecule has 1 aliphatic rings. The van der Waals surface area contributed by atoms with Gasteiger partial charge in [0, 0.05) is 16.7 Å². The number of nitrogens with zero attached hydrogens (tertiary/aromatic N) is 3. The smallest absolute Gasteiger partial charge is 0.164 e. The van der Waals surface area contributed by atoms with Crippen molar-refractivity contribution in [3.63, 3.8) is 0 Å². The molecule has 2 heterocycles. The molecular formula is C49H35N3Si. The number of benzene rings is 8. The molecule has 9 aromatic rings. The standard InChI is InChI=1S/C49H35N3Si/c1-53(2)45-31-41(25-26-43(45)44-27-24-34-16-9-10-19-42(34)46(44)53)49-51-47(39-18-11-17-35(29-39)32-12-5-3-6-13-32)50-48(52-49)40-23-22-37-28-36(20-21-38(37)30-40)33-14-7-4-8-15-33/h3-31H,1-2H3. The molecule has 53 heavy (non-hydrogen) atoms. The third kappa shape index (κ3) is 5.38. The van der Waals surface area contributed by atoms with E-state index < -0.39 is 8.07 Å². The Labute approximate surface area is 310 Å². The zero-order valence-electron chi connectivity index (χ0n) is 29.6. The van der Waals surface area contributed by atoms with Crippen molar-refractivity contribution in [2.45, 2.75) is 13.1 Å². The first-order valence-electron chi connectivity index (χ1n) is 18.2. The van der Waals surface area contributed by atoms with E-state index >= 15 is 0 Å². The Bertz CT molecular complexity index is 2860. The summed E-state index contributed by atoms with van der Waals surface area (Å²) in [6, 6.07) is 62.9. The number of hydrogen-bond acceptors (Lipinski definition) is 3. The van der Waals surface area contributed by atoms with E-state index in [1.54, 1.807) is 0 Å². The van der Waals surface area contributed by atoms with Gasteiger partial charge in [-0.3, -0.25) is 0 Å². The molecule has 250 valence electrons. The largest absolute Gasteiger partial charge is 0.208 e. The molecule has 0 atom stereocenters. The first kappa shape index (κ1) is 31.3. The quantitative estimate of drug-likeness (QED) is 0.168. The van der Waals surface area contributed by atoms with Crippen LogP contribution in [0.3, 0.4) is 0 Å².